The molecule has 0 fully saturated rings. The maximum Gasteiger partial charge on any atom is 0.255 e. The fourth-order valence-electron chi connectivity index (χ4n) is 1.80. The highest BCUT2D eigenvalue weighted by Crippen LogP contribution is 2.13. The highest BCUT2D eigenvalue weighted by molar-refractivity contribution is 6.04. The molecule has 21 heavy (non-hydrogen) atoms. The van der Waals surface area contributed by atoms with Crippen LogP contribution in [0.5, 0.6) is 0 Å². The van der Waals surface area contributed by atoms with Gasteiger partial charge in [0.15, 0.2) is 0 Å². The Morgan fingerprint density at radius 2 is 2.29 bits per heavy atom. The average Bonchev–Trinajstić information content (AvgIpc) is 2.86. The molecule has 2 rings (SSSR count). The van der Waals surface area contributed by atoms with E-state index < -0.39 is 0 Å². The maximum absolute atomic E-state index is 12.2. The lowest BCUT2D eigenvalue weighted by molar-refractivity contribution is 0.102. The summed E-state index contributed by atoms with van der Waals surface area (Å²) >= 11 is 0. The first-order chi connectivity index (χ1) is 10.1. The number of carbonyl (C=O) groups is 1. The van der Waals surface area contributed by atoms with Crippen LogP contribution >= 0.6 is 0 Å². The Labute approximate surface area is 123 Å². The zero-order chi connectivity index (χ0) is 15.2. The van der Waals surface area contributed by atoms with Crippen LogP contribution in [0, 0.1) is 18.8 Å². The minimum absolute atomic E-state index is 0.0350. The molecule has 1 aromatic heterocycles. The van der Waals surface area contributed by atoms with Crippen molar-refractivity contribution >= 4 is 11.6 Å². The summed E-state index contributed by atoms with van der Waals surface area (Å²) in [6, 6.07) is 5.38. The molecule has 0 aliphatic carbocycles. The van der Waals surface area contributed by atoms with Gasteiger partial charge in [-0.25, -0.2) is 0 Å². The molecule has 1 aromatic carbocycles. The summed E-state index contributed by atoms with van der Waals surface area (Å²) in [5.41, 5.74) is 2.98. The van der Waals surface area contributed by atoms with Crippen LogP contribution in [-0.4, -0.2) is 27.4 Å². The van der Waals surface area contributed by atoms with Gasteiger partial charge in [0.05, 0.1) is 18.5 Å². The molecule has 5 heteroatoms. The van der Waals surface area contributed by atoms with E-state index in [1.54, 1.807) is 36.3 Å². The lowest BCUT2D eigenvalue weighted by atomic mass is 10.0. The first kappa shape index (κ1) is 14.8. The second-order valence-corrected chi connectivity index (χ2v) is 4.66. The molecule has 0 aliphatic heterocycles. The first-order valence-corrected chi connectivity index (χ1v) is 6.60. The quantitative estimate of drug-likeness (QED) is 0.843. The third-order valence-corrected chi connectivity index (χ3v) is 2.92. The van der Waals surface area contributed by atoms with Gasteiger partial charge in [-0.3, -0.25) is 9.48 Å². The highest BCUT2D eigenvalue weighted by atomic mass is 16.2. The smallest absolute Gasteiger partial charge is 0.255 e. The molecule has 2 aromatic rings. The Balaban J connectivity index is 2.18. The number of hydrogen-bond donors (Lipinski definition) is 2. The van der Waals surface area contributed by atoms with Crippen molar-refractivity contribution in [2.45, 2.75) is 13.3 Å². The topological polar surface area (TPSA) is 67.2 Å². The Morgan fingerprint density at radius 3 is 2.95 bits per heavy atom. The van der Waals surface area contributed by atoms with Crippen molar-refractivity contribution in [2.24, 2.45) is 7.05 Å². The Morgan fingerprint density at radius 1 is 1.48 bits per heavy atom. The highest BCUT2D eigenvalue weighted by Gasteiger charge is 2.08. The van der Waals surface area contributed by atoms with Crippen molar-refractivity contribution in [3.8, 4) is 11.8 Å². The molecule has 1 amide bonds. The Kier molecular flexibility index (Phi) is 4.75. The second kappa shape index (κ2) is 6.73. The maximum atomic E-state index is 12.2. The van der Waals surface area contributed by atoms with E-state index in [0.29, 0.717) is 17.7 Å². The van der Waals surface area contributed by atoms with Gasteiger partial charge in [0.25, 0.3) is 5.91 Å². The lowest BCUT2D eigenvalue weighted by Crippen LogP contribution is -2.11. The third kappa shape index (κ3) is 3.94. The van der Waals surface area contributed by atoms with Crippen LogP contribution in [0.2, 0.25) is 0 Å². The molecule has 0 atom stereocenters. The van der Waals surface area contributed by atoms with Gasteiger partial charge in [-0.2, -0.15) is 5.10 Å². The third-order valence-electron chi connectivity index (χ3n) is 2.92. The molecule has 0 bridgehead atoms. The fraction of sp³-hybridized carbons (Fsp3) is 0.250. The van der Waals surface area contributed by atoms with Gasteiger partial charge in [-0.15, -0.1) is 0 Å². The molecule has 5 nitrogen and oxygen atoms in total. The summed E-state index contributed by atoms with van der Waals surface area (Å²) in [5.74, 6) is 5.64. The van der Waals surface area contributed by atoms with E-state index in [0.717, 1.165) is 11.1 Å². The molecule has 0 saturated heterocycles. The molecule has 1 heterocycles. The van der Waals surface area contributed by atoms with Crippen molar-refractivity contribution in [3.05, 3.63) is 47.3 Å². The predicted molar refractivity (Wildman–Crippen MR) is 80.9 cm³/mol. The molecule has 108 valence electrons. The number of aryl methyl sites for hydroxylation is 2. The van der Waals surface area contributed by atoms with Crippen molar-refractivity contribution in [3.63, 3.8) is 0 Å². The number of aliphatic hydroxyl groups is 1. The minimum atomic E-state index is -0.201. The van der Waals surface area contributed by atoms with Gasteiger partial charge >= 0.3 is 0 Å². The van der Waals surface area contributed by atoms with Crippen LogP contribution in [0.3, 0.4) is 0 Å². The number of rotatable bonds is 3. The molecular formula is C16H17N3O2. The summed E-state index contributed by atoms with van der Waals surface area (Å²) in [7, 11) is 1.79. The Hall–Kier alpha value is -2.58. The molecule has 0 spiro atoms. The van der Waals surface area contributed by atoms with Crippen LogP contribution in [0.1, 0.15) is 27.9 Å². The minimum Gasteiger partial charge on any atom is -0.395 e. The number of nitrogens with zero attached hydrogens (tertiary/aromatic N) is 2. The molecule has 0 radical (unpaired) electrons. The van der Waals surface area contributed by atoms with E-state index in [-0.39, 0.29) is 12.5 Å². The summed E-state index contributed by atoms with van der Waals surface area (Å²) in [6.07, 6.45) is 3.74. The first-order valence-electron chi connectivity index (χ1n) is 6.60. The van der Waals surface area contributed by atoms with Gasteiger partial charge in [-0.05, 0) is 24.6 Å². The second-order valence-electron chi connectivity index (χ2n) is 4.66. The largest absolute Gasteiger partial charge is 0.395 e. The van der Waals surface area contributed by atoms with Gasteiger partial charge < -0.3 is 10.4 Å². The monoisotopic (exact) mass is 283 g/mol. The van der Waals surface area contributed by atoms with Crippen molar-refractivity contribution in [1.29, 1.82) is 0 Å². The van der Waals surface area contributed by atoms with E-state index in [2.05, 4.69) is 22.3 Å². The van der Waals surface area contributed by atoms with Crippen molar-refractivity contribution in [2.75, 3.05) is 11.9 Å². The van der Waals surface area contributed by atoms with Crippen LogP contribution < -0.4 is 5.32 Å². The van der Waals surface area contributed by atoms with Crippen LogP contribution in [0.25, 0.3) is 0 Å². The van der Waals surface area contributed by atoms with Crippen LogP contribution in [-0.2, 0) is 7.05 Å². The van der Waals surface area contributed by atoms with E-state index in [1.165, 1.54) is 0 Å². The van der Waals surface area contributed by atoms with Crippen molar-refractivity contribution in [1.82, 2.24) is 9.78 Å². The Bertz CT molecular complexity index is 708. The molecule has 2 N–H and O–H groups in total. The number of carbonyl (C=O) groups excluding carboxylic acids is 1. The average molecular weight is 283 g/mol. The van der Waals surface area contributed by atoms with Gasteiger partial charge in [0.2, 0.25) is 0 Å². The molecular weight excluding hydrogens is 266 g/mol. The number of aliphatic hydroxyl groups excluding tert-OH is 1. The zero-order valence-corrected chi connectivity index (χ0v) is 12.1. The van der Waals surface area contributed by atoms with Gasteiger partial charge in [0, 0.05) is 30.8 Å². The van der Waals surface area contributed by atoms with Crippen molar-refractivity contribution < 1.29 is 9.90 Å². The summed E-state index contributed by atoms with van der Waals surface area (Å²) < 4.78 is 1.62. The lowest BCUT2D eigenvalue weighted by Gasteiger charge is -2.05. The number of benzene rings is 1. The molecule has 0 unspecified atom stereocenters. The number of nitrogens with one attached hydrogen (secondary N) is 1. The normalized spacial score (nSPS) is 9.86. The zero-order valence-electron chi connectivity index (χ0n) is 12.1. The predicted octanol–water partition coefficient (Wildman–Crippen LogP) is 1.71. The number of amides is 1. The van der Waals surface area contributed by atoms with E-state index in [1.807, 2.05) is 13.0 Å². The molecule has 0 saturated carbocycles. The number of hydrogen-bond acceptors (Lipinski definition) is 3. The van der Waals surface area contributed by atoms with E-state index in [9.17, 15) is 4.79 Å². The summed E-state index contributed by atoms with van der Waals surface area (Å²) in [4.78, 5) is 12.2. The van der Waals surface area contributed by atoms with Gasteiger partial charge in [-0.1, -0.05) is 17.9 Å². The fourth-order valence-corrected chi connectivity index (χ4v) is 1.80. The molecule has 0 aliphatic rings. The number of anilines is 1. The summed E-state index contributed by atoms with van der Waals surface area (Å²) in [6.45, 7) is 1.97. The number of aromatic nitrogens is 2. The van der Waals surface area contributed by atoms with Crippen LogP contribution in [0.15, 0.2) is 30.6 Å². The van der Waals surface area contributed by atoms with Gasteiger partial charge in [0.1, 0.15) is 0 Å². The summed E-state index contributed by atoms with van der Waals surface area (Å²) in [5, 5.41) is 15.5. The van der Waals surface area contributed by atoms with Crippen LogP contribution in [0.4, 0.5) is 5.69 Å². The SMILES string of the molecule is Cc1ccc(C(=O)Nc2cnn(C)c2)cc1C#CCCO. The van der Waals surface area contributed by atoms with E-state index in [4.69, 9.17) is 5.11 Å². The standard InChI is InChI=1S/C16H17N3O2/c1-12-6-7-14(9-13(12)5-3-4-8-20)16(21)18-15-10-17-19(2)11-15/h6-7,9-11,20H,4,8H2,1-2H3,(H,18,21). The van der Waals surface area contributed by atoms with E-state index >= 15 is 0 Å².